The van der Waals surface area contributed by atoms with E-state index in [0.717, 1.165) is 27.1 Å². The van der Waals surface area contributed by atoms with Crippen molar-refractivity contribution >= 4 is 33.7 Å². The maximum absolute atomic E-state index is 11.1. The molecule has 0 radical (unpaired) electrons. The van der Waals surface area contributed by atoms with E-state index < -0.39 is 24.5 Å². The van der Waals surface area contributed by atoms with Gasteiger partial charge in [-0.25, -0.2) is 4.79 Å². The van der Waals surface area contributed by atoms with Gasteiger partial charge in [0, 0.05) is 0 Å². The number of benzene rings is 1. The van der Waals surface area contributed by atoms with Crippen LogP contribution < -0.4 is 3.58 Å². The summed E-state index contributed by atoms with van der Waals surface area (Å²) >= 11 is -2.50. The zero-order chi connectivity index (χ0) is 25.5. The molecular formula is C29H38N4O2Sn. The Morgan fingerprint density at radius 2 is 1.39 bits per heavy atom. The van der Waals surface area contributed by atoms with Crippen molar-refractivity contribution in [1.29, 1.82) is 0 Å². The molecule has 4 rings (SSSR count). The Kier molecular flexibility index (Phi) is 8.88. The third kappa shape index (κ3) is 5.85. The predicted molar refractivity (Wildman–Crippen MR) is 150 cm³/mol. The van der Waals surface area contributed by atoms with Crippen molar-refractivity contribution in [3.05, 3.63) is 61.1 Å². The molecule has 0 aliphatic heterocycles. The second-order valence-electron chi connectivity index (χ2n) is 9.91. The SMILES string of the molecule is CCC[CH2][Sn]([CH2]CCC)([CH2]CCC)[c]1ccc2nc(-c3ccc(-c4ccn(C(=O)O)n4)cc3)cn2c1. The molecule has 0 aliphatic rings. The van der Waals surface area contributed by atoms with Crippen LogP contribution in [0.3, 0.4) is 0 Å². The summed E-state index contributed by atoms with van der Waals surface area (Å²) in [6.07, 6.45) is 12.8. The van der Waals surface area contributed by atoms with Gasteiger partial charge >= 0.3 is 209 Å². The van der Waals surface area contributed by atoms with E-state index in [4.69, 9.17) is 10.1 Å². The van der Waals surface area contributed by atoms with Gasteiger partial charge in [-0.05, 0) is 0 Å². The molecule has 7 heteroatoms. The third-order valence-electron chi connectivity index (χ3n) is 7.35. The van der Waals surface area contributed by atoms with E-state index >= 15 is 0 Å². The van der Waals surface area contributed by atoms with Gasteiger partial charge < -0.3 is 5.11 Å². The van der Waals surface area contributed by atoms with Gasteiger partial charge in [0.15, 0.2) is 0 Å². The van der Waals surface area contributed by atoms with Crippen LogP contribution in [0.2, 0.25) is 13.3 Å². The predicted octanol–water partition coefficient (Wildman–Crippen LogP) is 7.45. The van der Waals surface area contributed by atoms with Crippen LogP contribution in [-0.4, -0.2) is 48.7 Å². The molecule has 190 valence electrons. The van der Waals surface area contributed by atoms with Gasteiger partial charge in [-0.3, -0.25) is 0 Å². The van der Waals surface area contributed by atoms with Crippen LogP contribution >= 0.6 is 0 Å². The number of carboxylic acid groups (broad SMARTS) is 1. The first-order chi connectivity index (χ1) is 17.5. The van der Waals surface area contributed by atoms with Crippen molar-refractivity contribution in [2.75, 3.05) is 0 Å². The third-order valence-corrected chi connectivity index (χ3v) is 22.9. The van der Waals surface area contributed by atoms with Crippen molar-refractivity contribution in [2.45, 2.75) is 72.6 Å². The molecule has 0 spiro atoms. The second-order valence-corrected chi connectivity index (χ2v) is 23.1. The Labute approximate surface area is 218 Å². The molecule has 36 heavy (non-hydrogen) atoms. The molecule has 0 saturated heterocycles. The van der Waals surface area contributed by atoms with Crippen molar-refractivity contribution in [3.63, 3.8) is 0 Å². The standard InChI is InChI=1S/C17H11N4O2.3C4H9.Sn/c22-17(23)21-10-8-14(19-21)12-4-6-13(7-5-12)15-11-20-9-2-1-3-16(20)18-15;3*1-3-4-2;/h1,3-11H,(H,22,23);3*1,3-4H2,2H3;. The Morgan fingerprint density at radius 1 is 0.806 bits per heavy atom. The molecule has 0 atom stereocenters. The molecule has 3 heterocycles. The fourth-order valence-corrected chi connectivity index (χ4v) is 21.1. The molecule has 0 aliphatic carbocycles. The van der Waals surface area contributed by atoms with Gasteiger partial charge in [-0.2, -0.15) is 0 Å². The summed E-state index contributed by atoms with van der Waals surface area (Å²) in [6.45, 7) is 6.97. The molecule has 4 aromatic rings. The van der Waals surface area contributed by atoms with Gasteiger partial charge in [-0.15, -0.1) is 0 Å². The maximum atomic E-state index is 11.1. The zero-order valence-corrected chi connectivity index (χ0v) is 24.6. The summed E-state index contributed by atoms with van der Waals surface area (Å²) < 4.78 is 9.19. The van der Waals surface area contributed by atoms with Crippen LogP contribution in [0.15, 0.2) is 61.1 Å². The summed E-state index contributed by atoms with van der Waals surface area (Å²) in [4.78, 5) is 16.0. The molecule has 0 unspecified atom stereocenters. The number of nitrogens with zero attached hydrogens (tertiary/aromatic N) is 4. The quantitative estimate of drug-likeness (QED) is 0.173. The van der Waals surface area contributed by atoms with E-state index in [1.54, 1.807) is 9.65 Å². The number of fused-ring (bicyclic) bond motifs is 1. The van der Waals surface area contributed by atoms with Crippen LogP contribution in [0.25, 0.3) is 28.2 Å². The molecule has 0 bridgehead atoms. The Morgan fingerprint density at radius 3 is 1.92 bits per heavy atom. The Bertz CT molecular complexity index is 1270. The van der Waals surface area contributed by atoms with Gasteiger partial charge in [0.1, 0.15) is 0 Å². The van der Waals surface area contributed by atoms with Crippen molar-refractivity contribution in [2.24, 2.45) is 0 Å². The van der Waals surface area contributed by atoms with Crippen LogP contribution in [0.1, 0.15) is 59.3 Å². The molecule has 0 fully saturated rings. The summed E-state index contributed by atoms with van der Waals surface area (Å²) in [5.74, 6) is 0. The average Bonchev–Trinajstić information content (AvgIpc) is 3.56. The summed E-state index contributed by atoms with van der Waals surface area (Å²) in [7, 11) is 0. The van der Waals surface area contributed by atoms with Gasteiger partial charge in [0.05, 0.1) is 0 Å². The number of imidazole rings is 1. The normalized spacial score (nSPS) is 11.9. The van der Waals surface area contributed by atoms with E-state index in [0.29, 0.717) is 5.69 Å². The second kappa shape index (κ2) is 12.1. The van der Waals surface area contributed by atoms with Crippen LogP contribution in [0.4, 0.5) is 4.79 Å². The van der Waals surface area contributed by atoms with Crippen molar-refractivity contribution in [1.82, 2.24) is 19.2 Å². The summed E-state index contributed by atoms with van der Waals surface area (Å²) in [5, 5.41) is 13.2. The first-order valence-electron chi connectivity index (χ1n) is 13.4. The molecule has 1 N–H and O–H groups in total. The average molecular weight is 593 g/mol. The topological polar surface area (TPSA) is 72.4 Å². The van der Waals surface area contributed by atoms with Crippen LogP contribution in [0.5, 0.6) is 0 Å². The first-order valence-corrected chi connectivity index (χ1v) is 20.9. The van der Waals surface area contributed by atoms with Crippen LogP contribution in [-0.2, 0) is 0 Å². The molecule has 1 aromatic carbocycles. The van der Waals surface area contributed by atoms with Crippen molar-refractivity contribution in [3.8, 4) is 22.5 Å². The van der Waals surface area contributed by atoms with E-state index in [1.807, 2.05) is 24.3 Å². The molecule has 3 aromatic heterocycles. The number of aromatic nitrogens is 4. The van der Waals surface area contributed by atoms with Crippen LogP contribution in [0, 0.1) is 0 Å². The number of rotatable bonds is 12. The molecule has 6 nitrogen and oxygen atoms in total. The zero-order valence-electron chi connectivity index (χ0n) is 21.8. The Hall–Kier alpha value is -2.61. The van der Waals surface area contributed by atoms with E-state index in [2.05, 4.69) is 54.8 Å². The molecule has 0 saturated carbocycles. The number of hydrogen-bond acceptors (Lipinski definition) is 3. The van der Waals surface area contributed by atoms with E-state index in [9.17, 15) is 4.79 Å². The van der Waals surface area contributed by atoms with E-state index in [-0.39, 0.29) is 0 Å². The fourth-order valence-electron chi connectivity index (χ4n) is 5.19. The number of hydrogen-bond donors (Lipinski definition) is 1. The fraction of sp³-hybridized carbons (Fsp3) is 0.414. The first kappa shape index (κ1) is 26.5. The monoisotopic (exact) mass is 594 g/mol. The van der Waals surface area contributed by atoms with Gasteiger partial charge in [-0.1, -0.05) is 0 Å². The minimum absolute atomic E-state index is 0.638. The van der Waals surface area contributed by atoms with Gasteiger partial charge in [0.2, 0.25) is 0 Å². The summed E-state index contributed by atoms with van der Waals surface area (Å²) in [5.41, 5.74) is 4.50. The number of pyridine rings is 1. The molecular weight excluding hydrogens is 555 g/mol. The molecule has 0 amide bonds. The summed E-state index contributed by atoms with van der Waals surface area (Å²) in [6, 6.07) is 14.4. The van der Waals surface area contributed by atoms with Gasteiger partial charge in [0.25, 0.3) is 0 Å². The minimum atomic E-state index is -2.50. The van der Waals surface area contributed by atoms with Crippen molar-refractivity contribution < 1.29 is 9.90 Å². The number of unbranched alkanes of at least 4 members (excludes halogenated alkanes) is 3. The van der Waals surface area contributed by atoms with E-state index in [1.165, 1.54) is 58.0 Å². The Balaban J connectivity index is 1.64. The number of carbonyl (C=O) groups is 1.